The third-order valence-electron chi connectivity index (χ3n) is 9.25. The number of aromatic hydroxyl groups is 3. The summed E-state index contributed by atoms with van der Waals surface area (Å²) in [6, 6.07) is 53.4. The summed E-state index contributed by atoms with van der Waals surface area (Å²) < 4.78 is 0. The normalized spacial score (nSPS) is 11.0. The predicted octanol–water partition coefficient (Wildman–Crippen LogP) is 11.5. The van der Waals surface area contributed by atoms with E-state index in [0.29, 0.717) is 17.2 Å². The van der Waals surface area contributed by atoms with Crippen molar-refractivity contribution in [3.63, 3.8) is 0 Å². The average Bonchev–Trinajstić information content (AvgIpc) is 3.14. The molecule has 0 radical (unpaired) electrons. The third-order valence-corrected chi connectivity index (χ3v) is 9.25. The summed E-state index contributed by atoms with van der Waals surface area (Å²) in [5, 5.41) is 35.9. The molecule has 0 aliphatic rings. The van der Waals surface area contributed by atoms with Crippen LogP contribution >= 0.6 is 0 Å². The van der Waals surface area contributed by atoms with E-state index in [4.69, 9.17) is 5.11 Å². The van der Waals surface area contributed by atoms with E-state index >= 15 is 0 Å². The van der Waals surface area contributed by atoms with E-state index in [1.54, 1.807) is 50.2 Å². The van der Waals surface area contributed by atoms with Gasteiger partial charge in [0.2, 0.25) is 0 Å². The van der Waals surface area contributed by atoms with Gasteiger partial charge in [0.1, 0.15) is 17.2 Å². The molecular weight excluding hydrogens is 688 g/mol. The fourth-order valence-corrected chi connectivity index (χ4v) is 5.70. The molecule has 6 rings (SSSR count). The van der Waals surface area contributed by atoms with E-state index in [0.717, 1.165) is 0 Å². The summed E-state index contributed by atoms with van der Waals surface area (Å²) in [7, 11) is 0. The van der Waals surface area contributed by atoms with Crippen molar-refractivity contribution in [3.05, 3.63) is 197 Å². The summed E-state index contributed by atoms with van der Waals surface area (Å²) in [6.45, 7) is 16.6. The van der Waals surface area contributed by atoms with Gasteiger partial charge in [-0.15, -0.1) is 0 Å². The molecule has 6 aromatic carbocycles. The van der Waals surface area contributed by atoms with Crippen LogP contribution in [0.2, 0.25) is 0 Å². The molecule has 6 aromatic rings. The van der Waals surface area contributed by atoms with Crippen LogP contribution < -0.4 is 0 Å². The first-order chi connectivity index (χ1) is 24.5. The van der Waals surface area contributed by atoms with Crippen LogP contribution in [0.15, 0.2) is 164 Å². The fraction of sp³-hybridized carbons (Fsp3) is 0.250. The van der Waals surface area contributed by atoms with Gasteiger partial charge >= 0.3 is 0 Å². The molecule has 0 bridgehead atoms. The molecule has 0 aromatic heterocycles. The van der Waals surface area contributed by atoms with Crippen molar-refractivity contribution in [2.75, 3.05) is 0 Å². The molecule has 0 saturated carbocycles. The second kappa shape index (κ2) is 20.6. The monoisotopic (exact) mass is 744 g/mol. The van der Waals surface area contributed by atoms with E-state index in [9.17, 15) is 15.3 Å². The van der Waals surface area contributed by atoms with Gasteiger partial charge in [0.15, 0.2) is 0 Å². The average molecular weight is 745 g/mol. The van der Waals surface area contributed by atoms with Crippen molar-refractivity contribution in [2.24, 2.45) is 0 Å². The van der Waals surface area contributed by atoms with Crippen molar-refractivity contribution in [2.45, 2.75) is 77.7 Å². The van der Waals surface area contributed by atoms with Crippen molar-refractivity contribution in [1.29, 1.82) is 0 Å². The van der Waals surface area contributed by atoms with E-state index in [1.807, 2.05) is 54.6 Å². The van der Waals surface area contributed by atoms with Crippen molar-refractivity contribution >= 4 is 0 Å². The first-order valence-electron chi connectivity index (χ1n) is 17.8. The third kappa shape index (κ3) is 13.4. The number of hydrogen-bond donors (Lipinski definition) is 4. The van der Waals surface area contributed by atoms with Crippen LogP contribution in [0.25, 0.3) is 0 Å². The molecule has 4 nitrogen and oxygen atoms in total. The Morgan fingerprint density at radius 2 is 0.472 bits per heavy atom. The summed E-state index contributed by atoms with van der Waals surface area (Å²) in [5.74, 6) is 0.938. The van der Waals surface area contributed by atoms with Crippen LogP contribution in [0, 0.1) is 0 Å². The van der Waals surface area contributed by atoms with E-state index in [-0.39, 0.29) is 44.1 Å². The van der Waals surface area contributed by atoms with E-state index < -0.39 is 0 Å². The predicted molar refractivity (Wildman–Crippen MR) is 217 cm³/mol. The van der Waals surface area contributed by atoms with Crippen LogP contribution in [-0.4, -0.2) is 26.5 Å². The van der Waals surface area contributed by atoms with E-state index in [1.165, 1.54) is 33.4 Å². The number of benzene rings is 6. The van der Waals surface area contributed by atoms with Gasteiger partial charge in [-0.3, -0.25) is 0 Å². The maximum atomic E-state index is 9.29. The number of aliphatic hydroxyl groups excluding tert-OH is 1. The summed E-state index contributed by atoms with van der Waals surface area (Å²) in [4.78, 5) is 0. The molecule has 0 heterocycles. The van der Waals surface area contributed by atoms with Crippen LogP contribution in [-0.2, 0) is 38.0 Å². The van der Waals surface area contributed by atoms with Crippen molar-refractivity contribution < 1.29 is 42.1 Å². The number of aliphatic hydroxyl groups is 1. The van der Waals surface area contributed by atoms with Gasteiger partial charge in [0, 0.05) is 44.1 Å². The van der Waals surface area contributed by atoms with Crippen molar-refractivity contribution in [1.82, 2.24) is 0 Å². The molecule has 0 saturated heterocycles. The fourth-order valence-electron chi connectivity index (χ4n) is 5.70. The Morgan fingerprint density at radius 1 is 0.321 bits per heavy atom. The molecule has 0 fully saturated rings. The zero-order valence-electron chi connectivity index (χ0n) is 32.5. The largest absolute Gasteiger partial charge is 0.508 e. The minimum Gasteiger partial charge on any atom is -0.508 e. The van der Waals surface area contributed by atoms with Gasteiger partial charge in [-0.1, -0.05) is 169 Å². The van der Waals surface area contributed by atoms with Gasteiger partial charge in [-0.25, -0.2) is 0 Å². The Hall–Kier alpha value is -4.61. The Balaban J connectivity index is 0.000000259. The van der Waals surface area contributed by atoms with E-state index in [2.05, 4.69) is 114 Å². The maximum absolute atomic E-state index is 9.29. The smallest absolute Gasteiger partial charge is 0.115 e. The molecule has 0 amide bonds. The molecule has 0 atom stereocenters. The second-order valence-corrected chi connectivity index (χ2v) is 14.7. The second-order valence-electron chi connectivity index (χ2n) is 14.7. The van der Waals surface area contributed by atoms with Gasteiger partial charge in [0.05, 0.1) is 0 Å². The standard InChI is InChI=1S/3C15H16O.C3H8O.Ti/c3*1-15(2,12-6-4-3-5-7-12)13-8-10-14(16)11-9-13;1-3(2)4;/h3*3-11,16H,1-2H3;3-4H,1-2H3;. The molecule has 4 N–H and O–H groups in total. The minimum atomic E-state index is -0.167. The summed E-state index contributed by atoms with van der Waals surface area (Å²) >= 11 is 0. The maximum Gasteiger partial charge on any atom is 0.115 e. The summed E-state index contributed by atoms with van der Waals surface area (Å²) in [5.41, 5.74) is 7.35. The first kappa shape index (κ1) is 44.6. The molecule has 53 heavy (non-hydrogen) atoms. The number of phenolic OH excluding ortho intramolecular Hbond substituents is 3. The SMILES string of the molecule is CC(C)(c1ccccc1)c1ccc(O)cc1.CC(C)(c1ccccc1)c1ccc(O)cc1.CC(C)(c1ccccc1)c1ccc(O)cc1.CC(C)O.[Ti]. The Bertz CT molecular complexity index is 1640. The van der Waals surface area contributed by atoms with Crippen molar-refractivity contribution in [3.8, 4) is 17.2 Å². The van der Waals surface area contributed by atoms with Gasteiger partial charge < -0.3 is 20.4 Å². The quantitative estimate of drug-likeness (QED) is 0.128. The Labute approximate surface area is 332 Å². The zero-order valence-corrected chi connectivity index (χ0v) is 34.0. The van der Waals surface area contributed by atoms with Crippen LogP contribution in [0.1, 0.15) is 88.8 Å². The number of phenols is 3. The molecule has 0 unspecified atom stereocenters. The summed E-state index contributed by atoms with van der Waals surface area (Å²) in [6.07, 6.45) is -0.167. The Kier molecular flexibility index (Phi) is 17.3. The number of rotatable bonds is 6. The van der Waals surface area contributed by atoms with Gasteiger partial charge in [0.25, 0.3) is 0 Å². The minimum absolute atomic E-state index is 0. The molecular formula is C48H56O4Ti. The van der Waals surface area contributed by atoms with Crippen LogP contribution in [0.5, 0.6) is 17.2 Å². The number of hydrogen-bond acceptors (Lipinski definition) is 4. The molecule has 5 heteroatoms. The van der Waals surface area contributed by atoms with Crippen LogP contribution in [0.4, 0.5) is 0 Å². The molecule has 276 valence electrons. The first-order valence-corrected chi connectivity index (χ1v) is 17.8. The topological polar surface area (TPSA) is 80.9 Å². The molecule has 0 aliphatic heterocycles. The molecule has 0 aliphatic carbocycles. The Morgan fingerprint density at radius 3 is 0.642 bits per heavy atom. The molecule has 0 spiro atoms. The zero-order chi connectivity index (χ0) is 38.4. The van der Waals surface area contributed by atoms with Gasteiger partial charge in [-0.2, -0.15) is 0 Å². The van der Waals surface area contributed by atoms with Crippen LogP contribution in [0.3, 0.4) is 0 Å². The van der Waals surface area contributed by atoms with Gasteiger partial charge in [-0.05, 0) is 83.6 Å².